The van der Waals surface area contributed by atoms with Gasteiger partial charge in [0, 0.05) is 0 Å². The average Bonchev–Trinajstić information content (AvgIpc) is 3.27. The lowest BCUT2D eigenvalue weighted by molar-refractivity contribution is -0.361. The summed E-state index contributed by atoms with van der Waals surface area (Å²) in [5.41, 5.74) is -4.80. The van der Waals surface area contributed by atoms with E-state index >= 15 is 0 Å². The molecule has 2 rings (SSSR count). The van der Waals surface area contributed by atoms with Gasteiger partial charge in [-0.25, -0.2) is 0 Å². The van der Waals surface area contributed by atoms with Crippen molar-refractivity contribution in [3.05, 3.63) is 35.4 Å². The van der Waals surface area contributed by atoms with E-state index in [1.165, 1.54) is 18.2 Å². The summed E-state index contributed by atoms with van der Waals surface area (Å²) < 4.78 is 117. The number of carbonyl (C=O) groups is 1. The van der Waals surface area contributed by atoms with E-state index in [1.54, 1.807) is 6.07 Å². The van der Waals surface area contributed by atoms with Crippen LogP contribution in [-0.4, -0.2) is 49.3 Å². The average molecular weight is 422 g/mol. The Morgan fingerprint density at radius 1 is 1.19 bits per heavy atom. The summed E-state index contributed by atoms with van der Waals surface area (Å²) in [5, 5.41) is 0. The van der Waals surface area contributed by atoms with Crippen molar-refractivity contribution >= 4 is 16.1 Å². The number of rotatable bonds is 6. The number of hydrogen-bond acceptors (Lipinski definition) is 5. The monoisotopic (exact) mass is 422 g/mol. The molecular formula is C14H12F6O6S. The largest absolute Gasteiger partial charge is 0.438 e. The van der Waals surface area contributed by atoms with E-state index in [2.05, 4.69) is 4.74 Å². The second-order valence-electron chi connectivity index (χ2n) is 5.77. The lowest BCUT2D eigenvalue weighted by atomic mass is 10.0. The van der Waals surface area contributed by atoms with Crippen molar-refractivity contribution in [2.24, 2.45) is 0 Å². The van der Waals surface area contributed by atoms with Crippen LogP contribution in [0.5, 0.6) is 0 Å². The molecule has 0 bridgehead atoms. The summed E-state index contributed by atoms with van der Waals surface area (Å²) in [5.74, 6) is -4.88. The first-order valence-electron chi connectivity index (χ1n) is 7.15. The smallest absolute Gasteiger partial charge is 0.438 e. The van der Waals surface area contributed by atoms with Gasteiger partial charge in [0.15, 0.2) is 0 Å². The molecule has 13 heteroatoms. The minimum Gasteiger partial charge on any atom is -0.438 e. The Morgan fingerprint density at radius 2 is 1.74 bits per heavy atom. The van der Waals surface area contributed by atoms with Crippen molar-refractivity contribution in [1.82, 2.24) is 0 Å². The van der Waals surface area contributed by atoms with Crippen LogP contribution in [0, 0.1) is 0 Å². The van der Waals surface area contributed by atoms with Crippen LogP contribution in [0.25, 0.3) is 0 Å². The fourth-order valence-electron chi connectivity index (χ4n) is 2.27. The van der Waals surface area contributed by atoms with Crippen molar-refractivity contribution in [3.63, 3.8) is 0 Å². The van der Waals surface area contributed by atoms with Gasteiger partial charge in [0.1, 0.15) is 11.9 Å². The van der Waals surface area contributed by atoms with E-state index in [0.717, 1.165) is 0 Å². The van der Waals surface area contributed by atoms with Gasteiger partial charge in [-0.05, 0) is 11.1 Å². The molecule has 0 amide bonds. The van der Waals surface area contributed by atoms with Crippen LogP contribution in [0.1, 0.15) is 17.2 Å². The van der Waals surface area contributed by atoms with E-state index in [-0.39, 0.29) is 11.7 Å². The Kier molecular flexibility index (Phi) is 5.52. The summed E-state index contributed by atoms with van der Waals surface area (Å²) in [6, 6.07) is 5.60. The summed E-state index contributed by atoms with van der Waals surface area (Å²) in [6.45, 7) is 0.382. The maximum atomic E-state index is 13.1. The highest BCUT2D eigenvalue weighted by molar-refractivity contribution is 7.85. The minimum atomic E-state index is -6.35. The Bertz CT molecular complexity index is 798. The first-order valence-corrected chi connectivity index (χ1v) is 8.76. The van der Waals surface area contributed by atoms with Gasteiger partial charge in [-0.2, -0.15) is 34.8 Å². The zero-order valence-corrected chi connectivity index (χ0v) is 14.0. The van der Waals surface area contributed by atoms with Crippen molar-refractivity contribution in [2.75, 3.05) is 12.4 Å². The molecule has 1 aliphatic heterocycles. The Hall–Kier alpha value is -1.86. The molecule has 1 aromatic rings. The van der Waals surface area contributed by atoms with Gasteiger partial charge in [0.05, 0.1) is 13.0 Å². The molecule has 1 saturated heterocycles. The number of alkyl halides is 6. The zero-order valence-electron chi connectivity index (χ0n) is 13.2. The number of epoxide rings is 1. The van der Waals surface area contributed by atoms with E-state index in [0.29, 0.717) is 12.2 Å². The lowest BCUT2D eigenvalue weighted by Crippen LogP contribution is -2.63. The standard InChI is InChI=1S/C14H12F6O6S/c15-13(16,17)12(14(18,19)20,7-27(22,23)24)26-11(21)5-8-2-1-3-9(4-8)10-6-25-10/h1-4,10H,5-7H2,(H,22,23,24). The third-order valence-corrected chi connectivity index (χ3v) is 4.37. The van der Waals surface area contributed by atoms with Crippen LogP contribution in [0.2, 0.25) is 0 Å². The third kappa shape index (κ3) is 5.11. The molecule has 0 aromatic heterocycles. The minimum absolute atomic E-state index is 0.0399. The molecule has 1 fully saturated rings. The molecule has 6 nitrogen and oxygen atoms in total. The zero-order chi connectivity index (χ0) is 20.7. The molecular weight excluding hydrogens is 410 g/mol. The van der Waals surface area contributed by atoms with Crippen LogP contribution in [-0.2, 0) is 30.8 Å². The van der Waals surface area contributed by atoms with Gasteiger partial charge in [-0.15, -0.1) is 0 Å². The summed E-state index contributed by atoms with van der Waals surface area (Å²) in [4.78, 5) is 11.8. The van der Waals surface area contributed by atoms with Crippen LogP contribution in [0.15, 0.2) is 24.3 Å². The molecule has 152 valence electrons. The second kappa shape index (κ2) is 6.95. The molecule has 27 heavy (non-hydrogen) atoms. The van der Waals surface area contributed by atoms with Crippen LogP contribution < -0.4 is 0 Å². The first kappa shape index (κ1) is 21.4. The number of esters is 1. The van der Waals surface area contributed by atoms with Crippen molar-refractivity contribution in [1.29, 1.82) is 0 Å². The normalized spacial score (nSPS) is 18.3. The molecule has 0 saturated carbocycles. The van der Waals surface area contributed by atoms with E-state index in [4.69, 9.17) is 9.29 Å². The van der Waals surface area contributed by atoms with Gasteiger partial charge < -0.3 is 9.47 Å². The summed E-state index contributed by atoms with van der Waals surface area (Å²) in [6.07, 6.45) is -14.0. The van der Waals surface area contributed by atoms with Gasteiger partial charge in [0.25, 0.3) is 10.1 Å². The summed E-state index contributed by atoms with van der Waals surface area (Å²) >= 11 is 0. The highest BCUT2D eigenvalue weighted by Gasteiger charge is 2.75. The Morgan fingerprint density at radius 3 is 2.19 bits per heavy atom. The van der Waals surface area contributed by atoms with Crippen LogP contribution >= 0.6 is 0 Å². The lowest BCUT2D eigenvalue weighted by Gasteiger charge is -2.35. The van der Waals surface area contributed by atoms with Gasteiger partial charge >= 0.3 is 23.9 Å². The highest BCUT2D eigenvalue weighted by Crippen LogP contribution is 2.47. The number of halogens is 6. The fourth-order valence-corrected chi connectivity index (χ4v) is 3.17. The fraction of sp³-hybridized carbons (Fsp3) is 0.500. The van der Waals surface area contributed by atoms with E-state index < -0.39 is 46.2 Å². The molecule has 1 aromatic carbocycles. The molecule has 0 aliphatic carbocycles. The molecule has 1 N–H and O–H groups in total. The van der Waals surface area contributed by atoms with Crippen LogP contribution in [0.3, 0.4) is 0 Å². The molecule has 1 unspecified atom stereocenters. The van der Waals surface area contributed by atoms with Crippen LogP contribution in [0.4, 0.5) is 26.3 Å². The highest BCUT2D eigenvalue weighted by atomic mass is 32.2. The molecule has 1 heterocycles. The topological polar surface area (TPSA) is 93.2 Å². The molecule has 0 spiro atoms. The number of benzene rings is 1. The van der Waals surface area contributed by atoms with Gasteiger partial charge in [-0.1, -0.05) is 24.3 Å². The number of hydrogen-bond donors (Lipinski definition) is 1. The Balaban J connectivity index is 2.31. The summed E-state index contributed by atoms with van der Waals surface area (Å²) in [7, 11) is -5.81. The SMILES string of the molecule is O=C(Cc1cccc(C2CO2)c1)OC(CS(=O)(=O)O)(C(F)(F)F)C(F)(F)F. The maximum absolute atomic E-state index is 13.1. The first-order chi connectivity index (χ1) is 12.1. The van der Waals surface area contributed by atoms with Gasteiger partial charge in [-0.3, -0.25) is 9.35 Å². The van der Waals surface area contributed by atoms with Crippen molar-refractivity contribution < 1.29 is 53.6 Å². The van der Waals surface area contributed by atoms with Crippen molar-refractivity contribution in [3.8, 4) is 0 Å². The van der Waals surface area contributed by atoms with E-state index in [9.17, 15) is 39.6 Å². The number of ether oxygens (including phenoxy) is 2. The quantitative estimate of drug-likeness (QED) is 0.328. The predicted molar refractivity (Wildman–Crippen MR) is 76.2 cm³/mol. The van der Waals surface area contributed by atoms with Gasteiger partial charge in [0.2, 0.25) is 0 Å². The molecule has 0 radical (unpaired) electrons. The van der Waals surface area contributed by atoms with E-state index in [1.807, 2.05) is 0 Å². The van der Waals surface area contributed by atoms with Crippen molar-refractivity contribution in [2.45, 2.75) is 30.5 Å². The second-order valence-corrected chi connectivity index (χ2v) is 7.22. The molecule has 1 aliphatic rings. The molecule has 1 atom stereocenters. The third-order valence-electron chi connectivity index (χ3n) is 3.59. The predicted octanol–water partition coefficient (Wildman–Crippen LogP) is 2.59. The number of carbonyl (C=O) groups excluding carboxylic acids is 1. The maximum Gasteiger partial charge on any atom is 0.438 e. The Labute approximate surface area is 148 Å².